The van der Waals surface area contributed by atoms with Crippen LogP contribution in [0.1, 0.15) is 6.92 Å². The van der Waals surface area contributed by atoms with Gasteiger partial charge in [0.15, 0.2) is 5.69 Å². The number of H-pyrrole nitrogens is 1. The third kappa shape index (κ3) is 4.91. The van der Waals surface area contributed by atoms with Gasteiger partial charge in [0.2, 0.25) is 15.9 Å². The van der Waals surface area contributed by atoms with Crippen molar-refractivity contribution in [2.45, 2.75) is 13.0 Å². The summed E-state index contributed by atoms with van der Waals surface area (Å²) in [7, 11) is -3.83. The number of benzene rings is 3. The van der Waals surface area contributed by atoms with Crippen LogP contribution >= 0.6 is 0 Å². The largest absolute Gasteiger partial charge is 0.493 e. The molecule has 0 unspecified atom stereocenters. The van der Waals surface area contributed by atoms with Gasteiger partial charge in [-0.15, -0.1) is 10.2 Å². The number of azo groups is 1. The van der Waals surface area contributed by atoms with Gasteiger partial charge in [0.1, 0.15) is 17.5 Å². The molecule has 1 amide bonds. The summed E-state index contributed by atoms with van der Waals surface area (Å²) in [4.78, 5) is 15.5. The van der Waals surface area contributed by atoms with Crippen molar-refractivity contribution in [1.82, 2.24) is 4.98 Å². The maximum Gasteiger partial charge on any atom is 0.287 e. The van der Waals surface area contributed by atoms with Gasteiger partial charge in [-0.3, -0.25) is 9.10 Å². The molecule has 0 saturated carbocycles. The molecule has 0 aliphatic heterocycles. The van der Waals surface area contributed by atoms with Crippen molar-refractivity contribution in [3.8, 4) is 17.4 Å². The number of nitrogens with one attached hydrogen (secondary N) is 1. The lowest BCUT2D eigenvalue weighted by Crippen LogP contribution is -2.42. The fourth-order valence-electron chi connectivity index (χ4n) is 3.49. The Labute approximate surface area is 196 Å². The maximum absolute atomic E-state index is 12.8. The van der Waals surface area contributed by atoms with Crippen LogP contribution in [-0.2, 0) is 14.8 Å². The van der Waals surface area contributed by atoms with E-state index in [-0.39, 0.29) is 17.3 Å². The summed E-state index contributed by atoms with van der Waals surface area (Å²) in [5, 5.41) is 18.2. The number of carbonyl (C=O) groups is 1. The first-order valence-corrected chi connectivity index (χ1v) is 12.2. The number of aromatic amines is 1. The second-order valence-electron chi connectivity index (χ2n) is 7.55. The van der Waals surface area contributed by atoms with Crippen LogP contribution in [0.15, 0.2) is 89.1 Å². The molecule has 34 heavy (non-hydrogen) atoms. The van der Waals surface area contributed by atoms with Crippen LogP contribution in [0.4, 0.5) is 11.4 Å². The number of hydrogen-bond donors (Lipinski definition) is 2. The van der Waals surface area contributed by atoms with Crippen molar-refractivity contribution in [2.75, 3.05) is 10.6 Å². The Morgan fingerprint density at radius 2 is 1.59 bits per heavy atom. The van der Waals surface area contributed by atoms with E-state index in [0.717, 1.165) is 10.6 Å². The van der Waals surface area contributed by atoms with Gasteiger partial charge < -0.3 is 14.8 Å². The van der Waals surface area contributed by atoms with Crippen molar-refractivity contribution in [3.63, 3.8) is 0 Å². The molecule has 1 heterocycles. The topological polar surface area (TPSA) is 124 Å². The summed E-state index contributed by atoms with van der Waals surface area (Å²) in [6, 6.07) is 21.3. The second-order valence-corrected chi connectivity index (χ2v) is 9.41. The molecule has 0 spiro atoms. The van der Waals surface area contributed by atoms with Gasteiger partial charge in [-0.1, -0.05) is 36.4 Å². The van der Waals surface area contributed by atoms with Crippen molar-refractivity contribution in [1.29, 1.82) is 0 Å². The standard InChI is InChI=1S/C24H22N4O5S/c1-16(23(29)27-26-22-20-10-6-7-11-21(20)25-24(22)30)28(34(2,31)32)17-12-14-19(15-13-17)33-18-8-4-3-5-9-18/h3-16,25,30H,1-2H3/t16-/m1/s1. The summed E-state index contributed by atoms with van der Waals surface area (Å²) in [6.45, 7) is 1.42. The number of amides is 1. The SMILES string of the molecule is C[C@H](C(=O)N=Nc1c(O)[nH]c2ccccc12)N(c1ccc(Oc2ccccc2)cc1)S(C)(=O)=O. The first-order chi connectivity index (χ1) is 16.2. The molecule has 2 N–H and O–H groups in total. The molecular weight excluding hydrogens is 456 g/mol. The average Bonchev–Trinajstić information content (AvgIpc) is 3.13. The highest BCUT2D eigenvalue weighted by Gasteiger charge is 2.29. The number of carbonyl (C=O) groups excluding carboxylic acids is 1. The Morgan fingerprint density at radius 1 is 0.971 bits per heavy atom. The number of fused-ring (bicyclic) bond motifs is 1. The Balaban J connectivity index is 1.57. The molecule has 9 nitrogen and oxygen atoms in total. The van der Waals surface area contributed by atoms with Crippen molar-refractivity contribution in [3.05, 3.63) is 78.9 Å². The molecule has 10 heteroatoms. The van der Waals surface area contributed by atoms with Gasteiger partial charge in [0.05, 0.1) is 17.5 Å². The minimum absolute atomic E-state index is 0.101. The molecule has 0 saturated heterocycles. The third-order valence-corrected chi connectivity index (χ3v) is 6.29. The fourth-order valence-corrected chi connectivity index (χ4v) is 4.65. The zero-order valence-electron chi connectivity index (χ0n) is 18.4. The smallest absolute Gasteiger partial charge is 0.287 e. The summed E-state index contributed by atoms with van der Waals surface area (Å²) in [6.07, 6.45) is 1.01. The van der Waals surface area contributed by atoms with Crippen LogP contribution in [0.25, 0.3) is 10.9 Å². The van der Waals surface area contributed by atoms with Gasteiger partial charge in [-0.05, 0) is 49.4 Å². The summed E-state index contributed by atoms with van der Waals surface area (Å²) < 4.78 is 31.8. The molecule has 0 aliphatic carbocycles. The summed E-state index contributed by atoms with van der Waals surface area (Å²) in [5.41, 5.74) is 1.00. The molecule has 4 rings (SSSR count). The van der Waals surface area contributed by atoms with Gasteiger partial charge in [0.25, 0.3) is 5.91 Å². The van der Waals surface area contributed by atoms with Gasteiger partial charge in [-0.2, -0.15) is 0 Å². The van der Waals surface area contributed by atoms with E-state index < -0.39 is 22.0 Å². The minimum Gasteiger partial charge on any atom is -0.493 e. The van der Waals surface area contributed by atoms with E-state index in [9.17, 15) is 18.3 Å². The highest BCUT2D eigenvalue weighted by molar-refractivity contribution is 7.92. The predicted octanol–water partition coefficient (Wildman–Crippen LogP) is 5.13. The number of aromatic hydroxyl groups is 1. The molecule has 3 aromatic carbocycles. The number of sulfonamides is 1. The van der Waals surface area contributed by atoms with E-state index >= 15 is 0 Å². The van der Waals surface area contributed by atoms with Gasteiger partial charge >= 0.3 is 0 Å². The highest BCUT2D eigenvalue weighted by atomic mass is 32.2. The predicted molar refractivity (Wildman–Crippen MR) is 129 cm³/mol. The first kappa shape index (κ1) is 23.0. The number of nitrogens with zero attached hydrogens (tertiary/aromatic N) is 3. The van der Waals surface area contributed by atoms with Gasteiger partial charge in [0, 0.05) is 5.39 Å². The Hall–Kier alpha value is -4.18. The molecule has 0 radical (unpaired) electrons. The van der Waals surface area contributed by atoms with E-state index in [1.807, 2.05) is 18.2 Å². The van der Waals surface area contributed by atoms with E-state index in [2.05, 4.69) is 15.2 Å². The molecule has 0 aliphatic rings. The van der Waals surface area contributed by atoms with Crippen molar-refractivity contribution >= 4 is 38.2 Å². The molecule has 174 valence electrons. The number of rotatable bonds is 7. The van der Waals surface area contributed by atoms with E-state index in [4.69, 9.17) is 4.74 Å². The molecule has 4 aromatic rings. The number of para-hydroxylation sites is 2. The Morgan fingerprint density at radius 3 is 2.26 bits per heavy atom. The van der Waals surface area contributed by atoms with Crippen LogP contribution in [0.5, 0.6) is 17.4 Å². The van der Waals surface area contributed by atoms with Crippen LogP contribution in [-0.4, -0.2) is 36.7 Å². The third-order valence-electron chi connectivity index (χ3n) is 5.04. The lowest BCUT2D eigenvalue weighted by molar-refractivity contribution is -0.119. The minimum atomic E-state index is -3.83. The van der Waals surface area contributed by atoms with E-state index in [1.54, 1.807) is 60.7 Å². The van der Waals surface area contributed by atoms with Crippen molar-refractivity contribution < 1.29 is 23.1 Å². The number of ether oxygens (including phenoxy) is 1. The lowest BCUT2D eigenvalue weighted by atomic mass is 10.2. The average molecular weight is 479 g/mol. The number of anilines is 1. The van der Waals surface area contributed by atoms with Crippen molar-refractivity contribution in [2.24, 2.45) is 10.2 Å². The molecule has 1 aromatic heterocycles. The first-order valence-electron chi connectivity index (χ1n) is 10.3. The zero-order valence-corrected chi connectivity index (χ0v) is 19.2. The Bertz CT molecular complexity index is 1450. The normalized spacial score (nSPS) is 12.6. The maximum atomic E-state index is 12.8. The van der Waals surface area contributed by atoms with E-state index in [1.165, 1.54) is 6.92 Å². The summed E-state index contributed by atoms with van der Waals surface area (Å²) in [5.74, 6) is 0.121. The zero-order chi connectivity index (χ0) is 24.3. The summed E-state index contributed by atoms with van der Waals surface area (Å²) >= 11 is 0. The molecular formula is C24H22N4O5S. The fraction of sp³-hybridized carbons (Fsp3) is 0.125. The molecule has 0 bridgehead atoms. The van der Waals surface area contributed by atoms with Crippen LogP contribution < -0.4 is 9.04 Å². The van der Waals surface area contributed by atoms with E-state index in [0.29, 0.717) is 22.4 Å². The quantitative estimate of drug-likeness (QED) is 0.356. The lowest BCUT2D eigenvalue weighted by Gasteiger charge is -2.26. The molecule has 0 fully saturated rings. The monoisotopic (exact) mass is 478 g/mol. The van der Waals surface area contributed by atoms with Crippen LogP contribution in [0, 0.1) is 0 Å². The van der Waals surface area contributed by atoms with Gasteiger partial charge in [-0.25, -0.2) is 8.42 Å². The molecule has 1 atom stereocenters. The number of aromatic nitrogens is 1. The number of hydrogen-bond acceptors (Lipinski definition) is 6. The van der Waals surface area contributed by atoms with Crippen LogP contribution in [0.3, 0.4) is 0 Å². The highest BCUT2D eigenvalue weighted by Crippen LogP contribution is 2.35. The Kier molecular flexibility index (Phi) is 6.33. The second kappa shape index (κ2) is 9.36. The van der Waals surface area contributed by atoms with Crippen LogP contribution in [0.2, 0.25) is 0 Å².